The molecule has 0 spiro atoms. The topological polar surface area (TPSA) is 69.6 Å². The van der Waals surface area contributed by atoms with E-state index < -0.39 is 16.5 Å². The van der Waals surface area contributed by atoms with Gasteiger partial charge in [-0.3, -0.25) is 0 Å². The second-order valence-corrected chi connectivity index (χ2v) is 4.35. The number of alkyl halides is 2. The van der Waals surface area contributed by atoms with E-state index in [1.165, 1.54) is 0 Å². The quantitative estimate of drug-likeness (QED) is 0.609. The summed E-state index contributed by atoms with van der Waals surface area (Å²) < 4.78 is -0.865. The molecule has 1 rings (SSSR count). The molecule has 1 amide bonds. The van der Waals surface area contributed by atoms with Crippen LogP contribution in [0, 0.1) is 5.92 Å². The van der Waals surface area contributed by atoms with Gasteiger partial charge < -0.3 is 15.5 Å². The van der Waals surface area contributed by atoms with Crippen molar-refractivity contribution in [3.63, 3.8) is 0 Å². The van der Waals surface area contributed by atoms with Gasteiger partial charge in [0.05, 0.1) is 12.6 Å². The van der Waals surface area contributed by atoms with Crippen LogP contribution in [0.4, 0.5) is 4.79 Å². The van der Waals surface area contributed by atoms with Crippen LogP contribution >= 0.6 is 23.2 Å². The first kappa shape index (κ1) is 9.89. The highest BCUT2D eigenvalue weighted by molar-refractivity contribution is 6.50. The number of rotatable bonds is 3. The summed E-state index contributed by atoms with van der Waals surface area (Å²) in [6.07, 6.45) is -0.660. The first-order valence-corrected chi connectivity index (χ1v) is 4.21. The summed E-state index contributed by atoms with van der Waals surface area (Å²) >= 11 is 11.4. The minimum Gasteiger partial charge on any atom is -0.465 e. The second-order valence-electron chi connectivity index (χ2n) is 2.81. The molecule has 0 aliphatic heterocycles. The lowest BCUT2D eigenvalue weighted by Crippen LogP contribution is -2.39. The summed E-state index contributed by atoms with van der Waals surface area (Å²) in [4.78, 5) is 10.2. The van der Waals surface area contributed by atoms with Crippen LogP contribution in [0.15, 0.2) is 0 Å². The summed E-state index contributed by atoms with van der Waals surface area (Å²) in [5.41, 5.74) is 0. The summed E-state index contributed by atoms with van der Waals surface area (Å²) in [5, 5.41) is 19.3. The average molecular weight is 214 g/mol. The molecule has 1 fully saturated rings. The highest BCUT2D eigenvalue weighted by Gasteiger charge is 2.55. The van der Waals surface area contributed by atoms with Crippen LogP contribution < -0.4 is 5.32 Å². The van der Waals surface area contributed by atoms with Crippen molar-refractivity contribution < 1.29 is 15.0 Å². The molecule has 0 bridgehead atoms. The number of nitrogens with one attached hydrogen (secondary N) is 1. The molecule has 0 saturated heterocycles. The normalized spacial score (nSPS) is 27.8. The Labute approximate surface area is 79.5 Å². The molecule has 2 atom stereocenters. The molecule has 12 heavy (non-hydrogen) atoms. The number of aliphatic hydroxyl groups is 1. The fourth-order valence-electron chi connectivity index (χ4n) is 1.10. The van der Waals surface area contributed by atoms with Crippen molar-refractivity contribution in [3.8, 4) is 0 Å². The third kappa shape index (κ3) is 2.15. The van der Waals surface area contributed by atoms with Gasteiger partial charge in [0.1, 0.15) is 4.33 Å². The number of carbonyl (C=O) groups is 1. The van der Waals surface area contributed by atoms with Crippen molar-refractivity contribution in [2.45, 2.75) is 16.8 Å². The van der Waals surface area contributed by atoms with E-state index in [1.54, 1.807) is 0 Å². The highest BCUT2D eigenvalue weighted by atomic mass is 35.5. The molecule has 0 radical (unpaired) electrons. The van der Waals surface area contributed by atoms with E-state index in [9.17, 15) is 4.79 Å². The summed E-state index contributed by atoms with van der Waals surface area (Å²) in [6.45, 7) is -0.280. The number of amides is 1. The zero-order valence-corrected chi connectivity index (χ0v) is 7.64. The van der Waals surface area contributed by atoms with E-state index in [1.807, 2.05) is 0 Å². The predicted molar refractivity (Wildman–Crippen MR) is 44.6 cm³/mol. The molecule has 0 aromatic carbocycles. The maximum atomic E-state index is 10.2. The van der Waals surface area contributed by atoms with Crippen molar-refractivity contribution in [2.75, 3.05) is 6.61 Å². The van der Waals surface area contributed by atoms with Gasteiger partial charge in [-0.05, 0) is 6.42 Å². The molecule has 2 unspecified atom stereocenters. The predicted octanol–water partition coefficient (Wildman–Crippen LogP) is 0.809. The van der Waals surface area contributed by atoms with E-state index in [2.05, 4.69) is 5.32 Å². The van der Waals surface area contributed by atoms with Crippen LogP contribution in [0.5, 0.6) is 0 Å². The molecule has 1 aliphatic rings. The molecule has 0 aromatic rings. The highest BCUT2D eigenvalue weighted by Crippen LogP contribution is 2.54. The summed E-state index contributed by atoms with van der Waals surface area (Å²) in [6, 6.07) is -0.558. The molecule has 1 saturated carbocycles. The van der Waals surface area contributed by atoms with Gasteiger partial charge in [-0.15, -0.1) is 23.2 Å². The van der Waals surface area contributed by atoms with Gasteiger partial charge in [0, 0.05) is 5.92 Å². The molecule has 3 N–H and O–H groups in total. The number of hydrogen-bond acceptors (Lipinski definition) is 2. The standard InChI is InChI=1S/C6H9Cl2NO3/c7-6(8)1-3(6)4(2-10)9-5(11)12/h3-4,9-10H,1-2H2,(H,11,12). The van der Waals surface area contributed by atoms with Gasteiger partial charge in [-0.2, -0.15) is 0 Å². The molecule has 1 aliphatic carbocycles. The largest absolute Gasteiger partial charge is 0.465 e. The molecule has 70 valence electrons. The maximum Gasteiger partial charge on any atom is 0.404 e. The van der Waals surface area contributed by atoms with Gasteiger partial charge in [0.2, 0.25) is 0 Å². The molecule has 0 heterocycles. The van der Waals surface area contributed by atoms with Crippen LogP contribution in [0.2, 0.25) is 0 Å². The van der Waals surface area contributed by atoms with Crippen LogP contribution in [0.25, 0.3) is 0 Å². The van der Waals surface area contributed by atoms with Gasteiger partial charge in [0.25, 0.3) is 0 Å². The molecular formula is C6H9Cl2NO3. The Morgan fingerprint density at radius 3 is 2.50 bits per heavy atom. The van der Waals surface area contributed by atoms with Crippen molar-refractivity contribution in [1.29, 1.82) is 0 Å². The van der Waals surface area contributed by atoms with E-state index >= 15 is 0 Å². The Balaban J connectivity index is 2.43. The van der Waals surface area contributed by atoms with E-state index in [-0.39, 0.29) is 12.5 Å². The molecule has 4 nitrogen and oxygen atoms in total. The van der Waals surface area contributed by atoms with E-state index in [4.69, 9.17) is 33.4 Å². The Bertz CT molecular complexity index is 197. The Hall–Kier alpha value is -0.190. The fraction of sp³-hybridized carbons (Fsp3) is 0.833. The van der Waals surface area contributed by atoms with Crippen LogP contribution in [0.1, 0.15) is 6.42 Å². The van der Waals surface area contributed by atoms with Gasteiger partial charge in [-0.25, -0.2) is 4.79 Å². The first-order chi connectivity index (χ1) is 5.47. The minimum absolute atomic E-state index is 0.179. The number of aliphatic hydroxyl groups excluding tert-OH is 1. The van der Waals surface area contributed by atoms with Crippen LogP contribution in [-0.2, 0) is 0 Å². The van der Waals surface area contributed by atoms with Gasteiger partial charge in [-0.1, -0.05) is 0 Å². The lowest BCUT2D eigenvalue weighted by Gasteiger charge is -2.13. The molecule has 0 aromatic heterocycles. The Morgan fingerprint density at radius 1 is 1.75 bits per heavy atom. The van der Waals surface area contributed by atoms with Gasteiger partial charge in [0.15, 0.2) is 0 Å². The minimum atomic E-state index is -1.18. The van der Waals surface area contributed by atoms with E-state index in [0.29, 0.717) is 6.42 Å². The molecular weight excluding hydrogens is 205 g/mol. The van der Waals surface area contributed by atoms with Crippen molar-refractivity contribution in [3.05, 3.63) is 0 Å². The maximum absolute atomic E-state index is 10.2. The molecule has 6 heteroatoms. The van der Waals surface area contributed by atoms with Crippen molar-refractivity contribution >= 4 is 29.3 Å². The van der Waals surface area contributed by atoms with Gasteiger partial charge >= 0.3 is 6.09 Å². The zero-order chi connectivity index (χ0) is 9.35. The number of carboxylic acid groups (broad SMARTS) is 1. The van der Waals surface area contributed by atoms with Crippen molar-refractivity contribution in [2.24, 2.45) is 5.92 Å². The lowest BCUT2D eigenvalue weighted by atomic mass is 10.2. The second kappa shape index (κ2) is 3.28. The average Bonchev–Trinajstić information content (AvgIpc) is 2.54. The van der Waals surface area contributed by atoms with Crippen molar-refractivity contribution in [1.82, 2.24) is 5.32 Å². The number of hydrogen-bond donors (Lipinski definition) is 3. The number of halogens is 2. The summed E-state index contributed by atoms with van der Waals surface area (Å²) in [7, 11) is 0. The monoisotopic (exact) mass is 213 g/mol. The summed E-state index contributed by atoms with van der Waals surface area (Å²) in [5.74, 6) is -0.179. The third-order valence-corrected chi connectivity index (χ3v) is 2.73. The Kier molecular flexibility index (Phi) is 2.70. The van der Waals surface area contributed by atoms with Crippen LogP contribution in [-0.4, -0.2) is 33.3 Å². The zero-order valence-electron chi connectivity index (χ0n) is 6.13. The van der Waals surface area contributed by atoms with E-state index in [0.717, 1.165) is 0 Å². The first-order valence-electron chi connectivity index (χ1n) is 3.45. The lowest BCUT2D eigenvalue weighted by molar-refractivity contribution is 0.172. The third-order valence-electron chi connectivity index (χ3n) is 1.87. The SMILES string of the molecule is O=C(O)NC(CO)C1CC1(Cl)Cl. The smallest absolute Gasteiger partial charge is 0.404 e. The fourth-order valence-corrected chi connectivity index (χ4v) is 1.74. The van der Waals surface area contributed by atoms with Crippen LogP contribution in [0.3, 0.4) is 0 Å². The Morgan fingerprint density at radius 2 is 2.25 bits per heavy atom.